The molecule has 5 nitrogen and oxygen atoms in total. The number of ether oxygens (including phenoxy) is 1. The number of aliphatic carboxylic acids is 1. The molecular formula is C12H22N2O3. The van der Waals surface area contributed by atoms with E-state index >= 15 is 0 Å². The summed E-state index contributed by atoms with van der Waals surface area (Å²) in [6.45, 7) is 2.58. The van der Waals surface area contributed by atoms with Crippen LogP contribution < -0.4 is 5.32 Å². The van der Waals surface area contributed by atoms with Crippen LogP contribution in [0, 0.1) is 0 Å². The van der Waals surface area contributed by atoms with E-state index in [0.29, 0.717) is 18.6 Å². The molecule has 3 atom stereocenters. The minimum absolute atomic E-state index is 0.390. The molecule has 2 N–H and O–H groups in total. The second-order valence-electron chi connectivity index (χ2n) is 4.91. The normalized spacial score (nSPS) is 31.1. The molecule has 1 heterocycles. The van der Waals surface area contributed by atoms with Crippen molar-refractivity contribution in [3.8, 4) is 0 Å². The lowest BCUT2D eigenvalue weighted by atomic mass is 10.1. The van der Waals surface area contributed by atoms with E-state index in [9.17, 15) is 4.79 Å². The van der Waals surface area contributed by atoms with Crippen molar-refractivity contribution in [3.63, 3.8) is 0 Å². The van der Waals surface area contributed by atoms with Gasteiger partial charge in [-0.2, -0.15) is 0 Å². The summed E-state index contributed by atoms with van der Waals surface area (Å²) in [6, 6.07) is 0.0905. The first kappa shape index (κ1) is 12.8. The molecule has 98 valence electrons. The summed E-state index contributed by atoms with van der Waals surface area (Å²) < 4.78 is 5.74. The highest BCUT2D eigenvalue weighted by Gasteiger charge is 2.36. The van der Waals surface area contributed by atoms with Crippen molar-refractivity contribution in [3.05, 3.63) is 0 Å². The summed E-state index contributed by atoms with van der Waals surface area (Å²) in [5.41, 5.74) is 0. The van der Waals surface area contributed by atoms with Crippen LogP contribution in [0.3, 0.4) is 0 Å². The second kappa shape index (κ2) is 5.80. The van der Waals surface area contributed by atoms with Gasteiger partial charge >= 0.3 is 5.97 Å². The fraction of sp³-hybridized carbons (Fsp3) is 0.917. The van der Waals surface area contributed by atoms with Gasteiger partial charge in [-0.3, -0.25) is 9.69 Å². The number of hydrogen-bond donors (Lipinski definition) is 2. The summed E-state index contributed by atoms with van der Waals surface area (Å²) in [5, 5.41) is 11.8. The van der Waals surface area contributed by atoms with Crippen molar-refractivity contribution in [1.82, 2.24) is 10.2 Å². The molecule has 1 saturated carbocycles. The van der Waals surface area contributed by atoms with Crippen LogP contribution in [0.1, 0.15) is 25.7 Å². The lowest BCUT2D eigenvalue weighted by Gasteiger charge is -2.38. The standard InChI is InChI=1S/C12H22N2O3/c1-13-9(12(15)16)5-6-14-7-8-17-11-4-2-3-10(11)14/h9-11,13H,2-8H2,1H3,(H,15,16). The van der Waals surface area contributed by atoms with Crippen LogP contribution in [0.5, 0.6) is 0 Å². The van der Waals surface area contributed by atoms with Crippen LogP contribution in [0.25, 0.3) is 0 Å². The third-order valence-electron chi connectivity index (χ3n) is 3.95. The average molecular weight is 242 g/mol. The highest BCUT2D eigenvalue weighted by molar-refractivity contribution is 5.73. The second-order valence-corrected chi connectivity index (χ2v) is 4.91. The van der Waals surface area contributed by atoms with E-state index in [-0.39, 0.29) is 0 Å². The maximum atomic E-state index is 10.9. The van der Waals surface area contributed by atoms with Gasteiger partial charge in [0.25, 0.3) is 0 Å². The molecule has 0 radical (unpaired) electrons. The highest BCUT2D eigenvalue weighted by atomic mass is 16.5. The molecule has 0 aromatic rings. The minimum Gasteiger partial charge on any atom is -0.480 e. The van der Waals surface area contributed by atoms with Gasteiger partial charge in [-0.25, -0.2) is 0 Å². The van der Waals surface area contributed by atoms with Gasteiger partial charge in [-0.1, -0.05) is 0 Å². The zero-order valence-corrected chi connectivity index (χ0v) is 10.4. The van der Waals surface area contributed by atoms with Crippen LogP contribution in [-0.4, -0.2) is 60.9 Å². The summed E-state index contributed by atoms with van der Waals surface area (Å²) in [7, 11) is 1.70. The van der Waals surface area contributed by atoms with Gasteiger partial charge in [0.15, 0.2) is 0 Å². The van der Waals surface area contributed by atoms with Gasteiger partial charge in [0.05, 0.1) is 12.7 Å². The van der Waals surface area contributed by atoms with Gasteiger partial charge in [-0.15, -0.1) is 0 Å². The number of nitrogens with one attached hydrogen (secondary N) is 1. The van der Waals surface area contributed by atoms with E-state index in [2.05, 4.69) is 10.2 Å². The third kappa shape index (κ3) is 2.97. The van der Waals surface area contributed by atoms with Crippen LogP contribution >= 0.6 is 0 Å². The Kier molecular flexibility index (Phi) is 4.36. The average Bonchev–Trinajstić information content (AvgIpc) is 2.78. The van der Waals surface area contributed by atoms with Crippen LogP contribution in [0.2, 0.25) is 0 Å². The number of carboxylic acid groups (broad SMARTS) is 1. The summed E-state index contributed by atoms with van der Waals surface area (Å²) >= 11 is 0. The number of hydrogen-bond acceptors (Lipinski definition) is 4. The monoisotopic (exact) mass is 242 g/mol. The Morgan fingerprint density at radius 1 is 1.59 bits per heavy atom. The molecule has 0 spiro atoms. The molecular weight excluding hydrogens is 220 g/mol. The number of carboxylic acids is 1. The van der Waals surface area contributed by atoms with E-state index in [1.54, 1.807) is 7.05 Å². The Bertz CT molecular complexity index is 272. The number of morpholine rings is 1. The smallest absolute Gasteiger partial charge is 0.320 e. The van der Waals surface area contributed by atoms with Crippen molar-refractivity contribution in [2.45, 2.75) is 43.9 Å². The number of likely N-dealkylation sites (N-methyl/N-ethyl adjacent to an activating group) is 1. The predicted octanol–water partition coefficient (Wildman–Crippen LogP) is 0.302. The molecule has 2 aliphatic rings. The molecule has 1 aliphatic carbocycles. The van der Waals surface area contributed by atoms with Crippen molar-refractivity contribution in [1.29, 1.82) is 0 Å². The summed E-state index contributed by atoms with van der Waals surface area (Å²) in [4.78, 5) is 13.3. The zero-order chi connectivity index (χ0) is 12.3. The first-order valence-corrected chi connectivity index (χ1v) is 6.48. The molecule has 0 aromatic heterocycles. The molecule has 1 saturated heterocycles. The molecule has 2 rings (SSSR count). The molecule has 0 amide bonds. The quantitative estimate of drug-likeness (QED) is 0.726. The summed E-state index contributed by atoms with van der Waals surface area (Å²) in [5.74, 6) is -0.760. The molecule has 3 unspecified atom stereocenters. The third-order valence-corrected chi connectivity index (χ3v) is 3.95. The SMILES string of the molecule is CNC(CCN1CCOC2CCCC21)C(=O)O. The number of carbonyl (C=O) groups is 1. The Hall–Kier alpha value is -0.650. The van der Waals surface area contributed by atoms with Gasteiger partial charge in [0.1, 0.15) is 6.04 Å². The Morgan fingerprint density at radius 2 is 2.41 bits per heavy atom. The lowest BCUT2D eigenvalue weighted by molar-refractivity contribution is -0.139. The van der Waals surface area contributed by atoms with Crippen molar-refractivity contribution < 1.29 is 14.6 Å². The van der Waals surface area contributed by atoms with Crippen molar-refractivity contribution in [2.24, 2.45) is 0 Å². The van der Waals surface area contributed by atoms with E-state index in [1.807, 2.05) is 0 Å². The van der Waals surface area contributed by atoms with Crippen molar-refractivity contribution >= 4 is 5.97 Å². The van der Waals surface area contributed by atoms with Crippen molar-refractivity contribution in [2.75, 3.05) is 26.7 Å². The molecule has 0 bridgehead atoms. The van der Waals surface area contributed by atoms with Crippen LogP contribution in [0.4, 0.5) is 0 Å². The zero-order valence-electron chi connectivity index (χ0n) is 10.4. The largest absolute Gasteiger partial charge is 0.480 e. The van der Waals surface area contributed by atoms with Gasteiger partial charge in [0, 0.05) is 19.1 Å². The van der Waals surface area contributed by atoms with Crippen LogP contribution in [-0.2, 0) is 9.53 Å². The van der Waals surface area contributed by atoms with Gasteiger partial charge in [0.2, 0.25) is 0 Å². The molecule has 2 fully saturated rings. The fourth-order valence-electron chi connectivity index (χ4n) is 2.97. The van der Waals surface area contributed by atoms with Gasteiger partial charge < -0.3 is 15.2 Å². The van der Waals surface area contributed by atoms with Crippen LogP contribution in [0.15, 0.2) is 0 Å². The Balaban J connectivity index is 1.83. The summed E-state index contributed by atoms with van der Waals surface area (Å²) in [6.07, 6.45) is 4.65. The maximum Gasteiger partial charge on any atom is 0.320 e. The first-order valence-electron chi connectivity index (χ1n) is 6.48. The Labute approximate surface area is 102 Å². The molecule has 17 heavy (non-hydrogen) atoms. The number of nitrogens with zero attached hydrogens (tertiary/aromatic N) is 1. The number of rotatable bonds is 5. The van der Waals surface area contributed by atoms with E-state index < -0.39 is 12.0 Å². The van der Waals surface area contributed by atoms with E-state index in [1.165, 1.54) is 12.8 Å². The molecule has 5 heteroatoms. The number of fused-ring (bicyclic) bond motifs is 1. The van der Waals surface area contributed by atoms with E-state index in [4.69, 9.17) is 9.84 Å². The first-order chi connectivity index (χ1) is 8.22. The maximum absolute atomic E-state index is 10.9. The van der Waals surface area contributed by atoms with E-state index in [0.717, 1.165) is 26.1 Å². The topological polar surface area (TPSA) is 61.8 Å². The predicted molar refractivity (Wildman–Crippen MR) is 64.1 cm³/mol. The highest BCUT2D eigenvalue weighted by Crippen LogP contribution is 2.29. The van der Waals surface area contributed by atoms with Gasteiger partial charge in [-0.05, 0) is 32.7 Å². The molecule has 1 aliphatic heterocycles. The molecule has 0 aromatic carbocycles. The Morgan fingerprint density at radius 3 is 3.12 bits per heavy atom. The minimum atomic E-state index is -0.760. The fourth-order valence-corrected chi connectivity index (χ4v) is 2.97. The lowest BCUT2D eigenvalue weighted by Crippen LogP contribution is -2.50.